The molecule has 0 aromatic heterocycles. The lowest BCUT2D eigenvalue weighted by molar-refractivity contribution is -0.157. The highest BCUT2D eigenvalue weighted by molar-refractivity contribution is 5.98. The van der Waals surface area contributed by atoms with Gasteiger partial charge in [0, 0.05) is 5.56 Å². The van der Waals surface area contributed by atoms with Gasteiger partial charge in [-0.15, -0.1) is 0 Å². The Morgan fingerprint density at radius 3 is 2.07 bits per heavy atom. The molecule has 8 nitrogen and oxygen atoms in total. The van der Waals surface area contributed by atoms with E-state index >= 15 is 0 Å². The van der Waals surface area contributed by atoms with Gasteiger partial charge in [-0.3, -0.25) is 19.7 Å². The molecule has 148 valence electrons. The summed E-state index contributed by atoms with van der Waals surface area (Å²) in [5, 5.41) is 4.32. The number of primary amides is 1. The largest absolute Gasteiger partial charge is 0.451 e. The zero-order chi connectivity index (χ0) is 20.8. The Balaban J connectivity index is 2.63. The number of nitrogens with one attached hydrogen (secondary N) is 2. The van der Waals surface area contributed by atoms with Crippen LogP contribution in [0.1, 0.15) is 50.5 Å². The summed E-state index contributed by atoms with van der Waals surface area (Å²) >= 11 is 0. The highest BCUT2D eigenvalue weighted by Gasteiger charge is 2.27. The summed E-state index contributed by atoms with van der Waals surface area (Å²) in [4.78, 5) is 46.7. The van der Waals surface area contributed by atoms with E-state index < -0.39 is 36.5 Å². The van der Waals surface area contributed by atoms with Crippen LogP contribution in [0.4, 0.5) is 4.79 Å². The number of amides is 4. The Bertz CT molecular complexity index is 705. The molecule has 1 rings (SSSR count). The first-order chi connectivity index (χ1) is 12.4. The molecule has 0 saturated carbocycles. The molecule has 1 aromatic carbocycles. The minimum Gasteiger partial charge on any atom is -0.451 e. The molecule has 0 aliphatic rings. The number of benzene rings is 1. The Kier molecular flexibility index (Phi) is 7.51. The average molecular weight is 377 g/mol. The number of nitrogens with two attached hydrogens (primary N) is 1. The van der Waals surface area contributed by atoms with Crippen LogP contribution in [0.2, 0.25) is 0 Å². The van der Waals surface area contributed by atoms with Crippen LogP contribution in [0.5, 0.6) is 0 Å². The number of rotatable bonds is 6. The molecule has 0 bridgehead atoms. The minimum absolute atomic E-state index is 0.0316. The highest BCUT2D eigenvalue weighted by atomic mass is 16.5. The summed E-state index contributed by atoms with van der Waals surface area (Å²) in [5.41, 5.74) is 6.35. The topological polar surface area (TPSA) is 128 Å². The molecule has 1 atom stereocenters. The molecule has 0 aliphatic heterocycles. The first-order valence-corrected chi connectivity index (χ1v) is 8.60. The lowest BCUT2D eigenvalue weighted by Gasteiger charge is -2.20. The van der Waals surface area contributed by atoms with Crippen LogP contribution >= 0.6 is 0 Å². The molecule has 0 fully saturated rings. The van der Waals surface area contributed by atoms with Gasteiger partial charge >= 0.3 is 12.0 Å². The number of esters is 1. The predicted octanol–water partition coefficient (Wildman–Crippen LogP) is 1.48. The van der Waals surface area contributed by atoms with Crippen LogP contribution in [-0.2, 0) is 19.7 Å². The van der Waals surface area contributed by atoms with E-state index in [1.54, 1.807) is 26.0 Å². The second kappa shape index (κ2) is 9.16. The molecule has 0 aliphatic carbocycles. The van der Waals surface area contributed by atoms with E-state index in [4.69, 9.17) is 10.5 Å². The zero-order valence-corrected chi connectivity index (χ0v) is 16.3. The van der Waals surface area contributed by atoms with Crippen molar-refractivity contribution in [2.24, 2.45) is 11.7 Å². The molecule has 0 radical (unpaired) electrons. The van der Waals surface area contributed by atoms with Crippen molar-refractivity contribution in [2.45, 2.75) is 46.1 Å². The van der Waals surface area contributed by atoms with Gasteiger partial charge in [0.25, 0.3) is 11.8 Å². The van der Waals surface area contributed by atoms with Crippen LogP contribution < -0.4 is 16.4 Å². The number of hydrogen-bond donors (Lipinski definition) is 3. The minimum atomic E-state index is -1.19. The second-order valence-electron chi connectivity index (χ2n) is 7.52. The third kappa shape index (κ3) is 7.08. The summed E-state index contributed by atoms with van der Waals surface area (Å²) in [6, 6.07) is 6.04. The van der Waals surface area contributed by atoms with Gasteiger partial charge < -0.3 is 15.8 Å². The summed E-state index contributed by atoms with van der Waals surface area (Å²) in [5.74, 6) is -2.42. The van der Waals surface area contributed by atoms with Crippen molar-refractivity contribution >= 4 is 23.8 Å². The van der Waals surface area contributed by atoms with Crippen molar-refractivity contribution in [1.82, 2.24) is 10.6 Å². The molecule has 0 spiro atoms. The van der Waals surface area contributed by atoms with E-state index in [2.05, 4.69) is 26.1 Å². The monoisotopic (exact) mass is 377 g/mol. The van der Waals surface area contributed by atoms with Crippen LogP contribution in [0.15, 0.2) is 24.3 Å². The molecule has 0 heterocycles. The molecule has 0 unspecified atom stereocenters. The van der Waals surface area contributed by atoms with Crippen LogP contribution in [0.25, 0.3) is 0 Å². The quantitative estimate of drug-likeness (QED) is 0.647. The number of imide groups is 1. The fraction of sp³-hybridized carbons (Fsp3) is 0.474. The van der Waals surface area contributed by atoms with Gasteiger partial charge in [0.05, 0.1) is 0 Å². The SMILES string of the molecule is CC(C)[C@@H](OC(=O)CNC(=O)c1ccc(C(C)(C)C)cc1)C(=O)NC(N)=O. The number of urea groups is 1. The Morgan fingerprint density at radius 2 is 1.63 bits per heavy atom. The van der Waals surface area contributed by atoms with Gasteiger partial charge in [0.15, 0.2) is 6.10 Å². The lowest BCUT2D eigenvalue weighted by atomic mass is 9.87. The van der Waals surface area contributed by atoms with Gasteiger partial charge in [-0.25, -0.2) is 4.79 Å². The number of carbonyl (C=O) groups is 4. The van der Waals surface area contributed by atoms with Crippen molar-refractivity contribution in [3.63, 3.8) is 0 Å². The number of ether oxygens (including phenoxy) is 1. The summed E-state index contributed by atoms with van der Waals surface area (Å²) in [6.45, 7) is 9.08. The maximum absolute atomic E-state index is 12.1. The third-order valence-electron chi connectivity index (χ3n) is 3.78. The van der Waals surface area contributed by atoms with Crippen molar-refractivity contribution in [3.8, 4) is 0 Å². The van der Waals surface area contributed by atoms with Crippen LogP contribution in [0.3, 0.4) is 0 Å². The lowest BCUT2D eigenvalue weighted by Crippen LogP contribution is -2.46. The van der Waals surface area contributed by atoms with Gasteiger partial charge in [-0.2, -0.15) is 0 Å². The molecule has 4 amide bonds. The first kappa shape index (κ1) is 22.1. The van der Waals surface area contributed by atoms with Gasteiger partial charge in [-0.05, 0) is 29.0 Å². The van der Waals surface area contributed by atoms with E-state index in [1.165, 1.54) is 0 Å². The smallest absolute Gasteiger partial charge is 0.326 e. The maximum atomic E-state index is 12.1. The molecular formula is C19H27N3O5. The average Bonchev–Trinajstić information content (AvgIpc) is 2.55. The summed E-state index contributed by atoms with van der Waals surface area (Å²) < 4.78 is 5.05. The van der Waals surface area contributed by atoms with E-state index in [9.17, 15) is 19.2 Å². The normalized spacial score (nSPS) is 12.2. The summed E-state index contributed by atoms with van der Waals surface area (Å²) in [7, 11) is 0. The maximum Gasteiger partial charge on any atom is 0.326 e. The number of carbonyl (C=O) groups excluding carboxylic acids is 4. The van der Waals surface area contributed by atoms with Crippen molar-refractivity contribution < 1.29 is 23.9 Å². The highest BCUT2D eigenvalue weighted by Crippen LogP contribution is 2.22. The Morgan fingerprint density at radius 1 is 1.07 bits per heavy atom. The van der Waals surface area contributed by atoms with Crippen molar-refractivity contribution in [1.29, 1.82) is 0 Å². The van der Waals surface area contributed by atoms with Gasteiger partial charge in [0.1, 0.15) is 6.54 Å². The van der Waals surface area contributed by atoms with E-state index in [0.29, 0.717) is 5.56 Å². The van der Waals surface area contributed by atoms with Crippen molar-refractivity contribution in [3.05, 3.63) is 35.4 Å². The Labute approximate surface area is 158 Å². The van der Waals surface area contributed by atoms with Crippen molar-refractivity contribution in [2.75, 3.05) is 6.54 Å². The molecule has 8 heteroatoms. The van der Waals surface area contributed by atoms with E-state index in [-0.39, 0.29) is 11.3 Å². The second-order valence-corrected chi connectivity index (χ2v) is 7.52. The zero-order valence-electron chi connectivity index (χ0n) is 16.3. The molecule has 0 saturated heterocycles. The molecular weight excluding hydrogens is 350 g/mol. The third-order valence-corrected chi connectivity index (χ3v) is 3.78. The molecule has 27 heavy (non-hydrogen) atoms. The van der Waals surface area contributed by atoms with Crippen LogP contribution in [0, 0.1) is 5.92 Å². The molecule has 1 aromatic rings. The van der Waals surface area contributed by atoms with E-state index in [1.807, 2.05) is 17.4 Å². The fourth-order valence-corrected chi connectivity index (χ4v) is 2.24. The summed E-state index contributed by atoms with van der Waals surface area (Å²) in [6.07, 6.45) is -1.19. The van der Waals surface area contributed by atoms with E-state index in [0.717, 1.165) is 5.56 Å². The first-order valence-electron chi connectivity index (χ1n) is 8.60. The number of hydrogen-bond acceptors (Lipinski definition) is 5. The van der Waals surface area contributed by atoms with Gasteiger partial charge in [-0.1, -0.05) is 46.8 Å². The van der Waals surface area contributed by atoms with Gasteiger partial charge in [0.2, 0.25) is 0 Å². The standard InChI is InChI=1S/C19H27N3O5/c1-11(2)15(17(25)22-18(20)26)27-14(23)10-21-16(24)12-6-8-13(9-7-12)19(3,4)5/h6-9,11,15H,10H2,1-5H3,(H,21,24)(H3,20,22,25,26)/t15-/m1/s1. The fourth-order valence-electron chi connectivity index (χ4n) is 2.24. The Hall–Kier alpha value is -2.90. The molecule has 4 N–H and O–H groups in total. The predicted molar refractivity (Wildman–Crippen MR) is 99.9 cm³/mol. The van der Waals surface area contributed by atoms with Crippen LogP contribution in [-0.4, -0.2) is 36.5 Å².